The van der Waals surface area contributed by atoms with Crippen LogP contribution in [0.1, 0.15) is 13.8 Å². The van der Waals surface area contributed by atoms with E-state index in [4.69, 9.17) is 9.84 Å². The van der Waals surface area contributed by atoms with Crippen LogP contribution in [0.3, 0.4) is 0 Å². The Morgan fingerprint density at radius 1 is 1.35 bits per heavy atom. The van der Waals surface area contributed by atoms with Crippen LogP contribution in [0.15, 0.2) is 24.3 Å². The first-order valence-corrected chi connectivity index (χ1v) is 6.32. The van der Waals surface area contributed by atoms with Crippen LogP contribution in [0.2, 0.25) is 0 Å². The molecule has 1 amide bonds. The van der Waals surface area contributed by atoms with E-state index in [0.717, 1.165) is 0 Å². The van der Waals surface area contributed by atoms with Crippen molar-refractivity contribution in [3.8, 4) is 5.75 Å². The van der Waals surface area contributed by atoms with Gasteiger partial charge in [0.1, 0.15) is 5.75 Å². The number of carbonyl (C=O) groups excluding carboxylic acids is 1. The Morgan fingerprint density at radius 2 is 2.05 bits per heavy atom. The Kier molecular flexibility index (Phi) is 5.99. The molecule has 0 spiro atoms. The van der Waals surface area contributed by atoms with E-state index in [1.807, 2.05) is 13.8 Å². The van der Waals surface area contributed by atoms with Gasteiger partial charge in [0.25, 0.3) is 0 Å². The Morgan fingerprint density at radius 3 is 2.60 bits per heavy atom. The molecule has 0 aliphatic carbocycles. The largest absolute Gasteiger partial charge is 0.497 e. The van der Waals surface area contributed by atoms with Crippen molar-refractivity contribution in [1.29, 1.82) is 0 Å². The molecule has 0 atom stereocenters. The first-order chi connectivity index (χ1) is 9.42. The van der Waals surface area contributed by atoms with Gasteiger partial charge in [-0.05, 0) is 26.0 Å². The summed E-state index contributed by atoms with van der Waals surface area (Å²) in [6.45, 7) is 3.56. The predicted molar refractivity (Wildman–Crippen MR) is 76.0 cm³/mol. The maximum absolute atomic E-state index is 11.9. The van der Waals surface area contributed by atoms with E-state index in [9.17, 15) is 9.59 Å². The van der Waals surface area contributed by atoms with Crippen molar-refractivity contribution in [2.75, 3.05) is 25.5 Å². The van der Waals surface area contributed by atoms with Gasteiger partial charge in [-0.25, -0.2) is 0 Å². The highest BCUT2D eigenvalue weighted by atomic mass is 16.5. The smallest absolute Gasteiger partial charge is 0.317 e. The van der Waals surface area contributed by atoms with Gasteiger partial charge in [-0.15, -0.1) is 0 Å². The highest BCUT2D eigenvalue weighted by molar-refractivity contribution is 5.92. The molecular formula is C14H20N2O4. The number of carbonyl (C=O) groups is 2. The van der Waals surface area contributed by atoms with Gasteiger partial charge in [-0.1, -0.05) is 6.07 Å². The molecule has 0 heterocycles. The van der Waals surface area contributed by atoms with Crippen LogP contribution in [0.5, 0.6) is 5.75 Å². The fourth-order valence-corrected chi connectivity index (χ4v) is 1.68. The third-order valence-electron chi connectivity index (χ3n) is 2.77. The summed E-state index contributed by atoms with van der Waals surface area (Å²) in [5.41, 5.74) is 0.619. The van der Waals surface area contributed by atoms with Gasteiger partial charge in [-0.3, -0.25) is 14.5 Å². The van der Waals surface area contributed by atoms with Gasteiger partial charge in [-0.2, -0.15) is 0 Å². The van der Waals surface area contributed by atoms with E-state index >= 15 is 0 Å². The van der Waals surface area contributed by atoms with Gasteiger partial charge in [0.05, 0.1) is 20.2 Å². The number of carboxylic acids is 1. The molecular weight excluding hydrogens is 260 g/mol. The summed E-state index contributed by atoms with van der Waals surface area (Å²) in [6, 6.07) is 6.97. The minimum Gasteiger partial charge on any atom is -0.497 e. The SMILES string of the molecule is COc1cccc(NC(=O)CN(CC(=O)O)C(C)C)c1. The van der Waals surface area contributed by atoms with Gasteiger partial charge < -0.3 is 15.2 Å². The highest BCUT2D eigenvalue weighted by Crippen LogP contribution is 2.16. The topological polar surface area (TPSA) is 78.9 Å². The average Bonchev–Trinajstić information content (AvgIpc) is 2.37. The zero-order valence-electron chi connectivity index (χ0n) is 11.9. The molecule has 6 heteroatoms. The molecule has 0 aliphatic rings. The fraction of sp³-hybridized carbons (Fsp3) is 0.429. The third-order valence-corrected chi connectivity index (χ3v) is 2.77. The van der Waals surface area contributed by atoms with Crippen LogP contribution in [-0.2, 0) is 9.59 Å². The third kappa shape index (κ3) is 5.27. The zero-order valence-corrected chi connectivity index (χ0v) is 11.9. The molecule has 0 saturated carbocycles. The fourth-order valence-electron chi connectivity index (χ4n) is 1.68. The molecule has 20 heavy (non-hydrogen) atoms. The molecule has 0 aliphatic heterocycles. The second-order valence-electron chi connectivity index (χ2n) is 4.67. The van der Waals surface area contributed by atoms with E-state index in [2.05, 4.69) is 5.32 Å². The lowest BCUT2D eigenvalue weighted by atomic mass is 10.3. The van der Waals surface area contributed by atoms with Gasteiger partial charge in [0, 0.05) is 17.8 Å². The molecule has 110 valence electrons. The summed E-state index contributed by atoms with van der Waals surface area (Å²) in [4.78, 5) is 24.3. The van der Waals surface area contributed by atoms with Crippen LogP contribution in [0.25, 0.3) is 0 Å². The number of hydrogen-bond acceptors (Lipinski definition) is 4. The Hall–Kier alpha value is -2.08. The number of hydrogen-bond donors (Lipinski definition) is 2. The Labute approximate surface area is 118 Å². The number of carboxylic acid groups (broad SMARTS) is 1. The summed E-state index contributed by atoms with van der Waals surface area (Å²) >= 11 is 0. The monoisotopic (exact) mass is 280 g/mol. The number of nitrogens with one attached hydrogen (secondary N) is 1. The summed E-state index contributed by atoms with van der Waals surface area (Å²) in [5, 5.41) is 11.5. The van der Waals surface area contributed by atoms with Crippen molar-refractivity contribution < 1.29 is 19.4 Å². The van der Waals surface area contributed by atoms with Gasteiger partial charge >= 0.3 is 5.97 Å². The van der Waals surface area contributed by atoms with Crippen LogP contribution < -0.4 is 10.1 Å². The number of rotatable bonds is 7. The molecule has 0 aromatic heterocycles. The van der Waals surface area contributed by atoms with Crippen LogP contribution in [0, 0.1) is 0 Å². The van der Waals surface area contributed by atoms with Crippen molar-refractivity contribution in [1.82, 2.24) is 4.90 Å². The number of aliphatic carboxylic acids is 1. The number of benzene rings is 1. The zero-order chi connectivity index (χ0) is 15.1. The molecule has 0 saturated heterocycles. The van der Waals surface area contributed by atoms with Crippen molar-refractivity contribution in [3.05, 3.63) is 24.3 Å². The lowest BCUT2D eigenvalue weighted by Gasteiger charge is -2.23. The minimum atomic E-state index is -0.951. The summed E-state index contributed by atoms with van der Waals surface area (Å²) in [6.07, 6.45) is 0. The molecule has 1 aromatic carbocycles. The average molecular weight is 280 g/mol. The Bertz CT molecular complexity index is 474. The lowest BCUT2D eigenvalue weighted by Crippen LogP contribution is -2.41. The summed E-state index contributed by atoms with van der Waals surface area (Å²) in [5.74, 6) is -0.560. The second kappa shape index (κ2) is 7.49. The molecule has 1 rings (SSSR count). The van der Waals surface area contributed by atoms with Crippen LogP contribution >= 0.6 is 0 Å². The van der Waals surface area contributed by atoms with Crippen LogP contribution in [-0.4, -0.2) is 48.1 Å². The van der Waals surface area contributed by atoms with Crippen molar-refractivity contribution in [3.63, 3.8) is 0 Å². The number of ether oxygens (including phenoxy) is 1. The first-order valence-electron chi connectivity index (χ1n) is 6.32. The van der Waals surface area contributed by atoms with Crippen molar-refractivity contribution in [2.45, 2.75) is 19.9 Å². The maximum Gasteiger partial charge on any atom is 0.317 e. The minimum absolute atomic E-state index is 0.0258. The summed E-state index contributed by atoms with van der Waals surface area (Å²) < 4.78 is 5.07. The number of methoxy groups -OCH3 is 1. The predicted octanol–water partition coefficient (Wildman–Crippen LogP) is 1.43. The van der Waals surface area contributed by atoms with Crippen molar-refractivity contribution in [2.24, 2.45) is 0 Å². The highest BCUT2D eigenvalue weighted by Gasteiger charge is 2.17. The normalized spacial score (nSPS) is 10.7. The van der Waals surface area contributed by atoms with E-state index in [1.165, 1.54) is 0 Å². The number of anilines is 1. The standard InChI is InChI=1S/C14H20N2O4/c1-10(2)16(9-14(18)19)8-13(17)15-11-5-4-6-12(7-11)20-3/h4-7,10H,8-9H2,1-3H3,(H,15,17)(H,18,19). The van der Waals surface area contributed by atoms with Crippen LogP contribution in [0.4, 0.5) is 5.69 Å². The van der Waals surface area contributed by atoms with Crippen molar-refractivity contribution >= 4 is 17.6 Å². The van der Waals surface area contributed by atoms with Gasteiger partial charge in [0.2, 0.25) is 5.91 Å². The summed E-state index contributed by atoms with van der Waals surface area (Å²) in [7, 11) is 1.55. The molecule has 0 bridgehead atoms. The van der Waals surface area contributed by atoms with E-state index in [0.29, 0.717) is 11.4 Å². The number of amides is 1. The number of nitrogens with zero attached hydrogens (tertiary/aromatic N) is 1. The lowest BCUT2D eigenvalue weighted by molar-refractivity contribution is -0.139. The Balaban J connectivity index is 2.62. The van der Waals surface area contributed by atoms with E-state index in [1.54, 1.807) is 36.3 Å². The van der Waals surface area contributed by atoms with E-state index < -0.39 is 5.97 Å². The first kappa shape index (κ1) is 16.0. The second-order valence-corrected chi connectivity index (χ2v) is 4.67. The maximum atomic E-state index is 11.9. The molecule has 6 nitrogen and oxygen atoms in total. The quantitative estimate of drug-likeness (QED) is 0.790. The molecule has 2 N–H and O–H groups in total. The molecule has 0 unspecified atom stereocenters. The molecule has 0 radical (unpaired) electrons. The van der Waals surface area contributed by atoms with E-state index in [-0.39, 0.29) is 25.0 Å². The molecule has 1 aromatic rings. The van der Waals surface area contributed by atoms with Gasteiger partial charge in [0.15, 0.2) is 0 Å². The molecule has 0 fully saturated rings.